The molecule has 0 aromatic heterocycles. The summed E-state index contributed by atoms with van der Waals surface area (Å²) in [6, 6.07) is 15.6. The molecule has 0 heterocycles. The minimum absolute atomic E-state index is 0.0714. The maximum Gasteiger partial charge on any atom is 0.263 e. The summed E-state index contributed by atoms with van der Waals surface area (Å²) in [4.78, 5) is 19.0. The van der Waals surface area contributed by atoms with Gasteiger partial charge >= 0.3 is 0 Å². The molecular formula is C21H26N2O3. The first-order valence-corrected chi connectivity index (χ1v) is 8.67. The van der Waals surface area contributed by atoms with Gasteiger partial charge in [-0.2, -0.15) is 0 Å². The van der Waals surface area contributed by atoms with E-state index in [-0.39, 0.29) is 18.6 Å². The Bertz CT molecular complexity index is 756. The number of para-hydroxylation sites is 1. The molecule has 0 aliphatic carbocycles. The first-order valence-electron chi connectivity index (χ1n) is 8.67. The second-order valence-corrected chi connectivity index (χ2v) is 6.39. The van der Waals surface area contributed by atoms with E-state index in [1.807, 2.05) is 69.3 Å². The molecule has 0 aliphatic rings. The second kappa shape index (κ2) is 9.61. The van der Waals surface area contributed by atoms with Crippen LogP contribution < -0.4 is 4.74 Å². The molecule has 2 aromatic carbocycles. The fourth-order valence-corrected chi connectivity index (χ4v) is 2.38. The van der Waals surface area contributed by atoms with E-state index in [1.54, 1.807) is 18.2 Å². The standard InChI is InChI=1S/C21H26N2O3/c1-16(2)26-20-12-8-7-10-18(20)13-22-25-15-21(24)23(4)14-19-11-6-5-9-17(19)3/h5-13,16H,14-15H2,1-4H3/b22-13+. The molecule has 26 heavy (non-hydrogen) atoms. The highest BCUT2D eigenvalue weighted by Gasteiger charge is 2.11. The number of hydrogen-bond donors (Lipinski definition) is 0. The number of rotatable bonds is 8. The molecule has 0 atom stereocenters. The van der Waals surface area contributed by atoms with Gasteiger partial charge in [0.15, 0.2) is 6.61 Å². The van der Waals surface area contributed by atoms with Crippen molar-refractivity contribution >= 4 is 12.1 Å². The molecule has 0 unspecified atom stereocenters. The fourth-order valence-electron chi connectivity index (χ4n) is 2.38. The van der Waals surface area contributed by atoms with E-state index >= 15 is 0 Å². The molecule has 0 bridgehead atoms. The lowest BCUT2D eigenvalue weighted by Gasteiger charge is -2.17. The van der Waals surface area contributed by atoms with E-state index in [9.17, 15) is 4.79 Å². The zero-order valence-electron chi connectivity index (χ0n) is 15.8. The third-order valence-electron chi connectivity index (χ3n) is 3.83. The summed E-state index contributed by atoms with van der Waals surface area (Å²) >= 11 is 0. The van der Waals surface area contributed by atoms with Crippen molar-refractivity contribution in [3.63, 3.8) is 0 Å². The number of oxime groups is 1. The quantitative estimate of drug-likeness (QED) is 0.535. The van der Waals surface area contributed by atoms with E-state index in [0.717, 1.165) is 22.4 Å². The molecule has 2 rings (SSSR count). The number of likely N-dealkylation sites (N-methyl/N-ethyl adjacent to an activating group) is 1. The summed E-state index contributed by atoms with van der Waals surface area (Å²) in [5.41, 5.74) is 3.08. The van der Waals surface area contributed by atoms with E-state index in [0.29, 0.717) is 6.54 Å². The van der Waals surface area contributed by atoms with Crippen LogP contribution in [-0.4, -0.2) is 36.8 Å². The normalized spacial score (nSPS) is 11.0. The minimum atomic E-state index is -0.128. The van der Waals surface area contributed by atoms with Gasteiger partial charge in [-0.15, -0.1) is 0 Å². The number of aryl methyl sites for hydroxylation is 1. The van der Waals surface area contributed by atoms with Crippen LogP contribution in [0, 0.1) is 6.92 Å². The highest BCUT2D eigenvalue weighted by Crippen LogP contribution is 2.17. The minimum Gasteiger partial charge on any atom is -0.490 e. The molecule has 0 N–H and O–H groups in total. The van der Waals surface area contributed by atoms with Crippen LogP contribution in [0.3, 0.4) is 0 Å². The zero-order valence-corrected chi connectivity index (χ0v) is 15.8. The maximum absolute atomic E-state index is 12.2. The highest BCUT2D eigenvalue weighted by molar-refractivity contribution is 5.83. The van der Waals surface area contributed by atoms with Crippen molar-refractivity contribution in [2.24, 2.45) is 5.16 Å². The van der Waals surface area contributed by atoms with Gasteiger partial charge in [-0.3, -0.25) is 4.79 Å². The Hall–Kier alpha value is -2.82. The number of amides is 1. The molecule has 0 radical (unpaired) electrons. The lowest BCUT2D eigenvalue weighted by Crippen LogP contribution is -2.29. The number of carbonyl (C=O) groups is 1. The molecular weight excluding hydrogens is 328 g/mol. The predicted octanol–water partition coefficient (Wildman–Crippen LogP) is 3.79. The third kappa shape index (κ3) is 5.92. The maximum atomic E-state index is 12.2. The molecule has 138 valence electrons. The number of nitrogens with zero attached hydrogens (tertiary/aromatic N) is 2. The first-order chi connectivity index (χ1) is 12.5. The number of benzene rings is 2. The lowest BCUT2D eigenvalue weighted by atomic mass is 10.1. The highest BCUT2D eigenvalue weighted by atomic mass is 16.6. The van der Waals surface area contributed by atoms with Crippen LogP contribution in [0.5, 0.6) is 5.75 Å². The molecule has 0 aliphatic heterocycles. The number of hydrogen-bond acceptors (Lipinski definition) is 4. The van der Waals surface area contributed by atoms with Crippen molar-refractivity contribution in [2.75, 3.05) is 13.7 Å². The van der Waals surface area contributed by atoms with E-state index in [2.05, 4.69) is 5.16 Å². The van der Waals surface area contributed by atoms with E-state index < -0.39 is 0 Å². The van der Waals surface area contributed by atoms with Crippen molar-refractivity contribution < 1.29 is 14.4 Å². The summed E-state index contributed by atoms with van der Waals surface area (Å²) in [6.07, 6.45) is 1.63. The van der Waals surface area contributed by atoms with Gasteiger partial charge in [-0.25, -0.2) is 0 Å². The Morgan fingerprint density at radius 1 is 1.15 bits per heavy atom. The molecule has 2 aromatic rings. The Balaban J connectivity index is 1.86. The van der Waals surface area contributed by atoms with Gasteiger partial charge in [0, 0.05) is 19.2 Å². The van der Waals surface area contributed by atoms with Crippen LogP contribution in [0.25, 0.3) is 0 Å². The van der Waals surface area contributed by atoms with Gasteiger partial charge < -0.3 is 14.5 Å². The van der Waals surface area contributed by atoms with Crippen molar-refractivity contribution in [2.45, 2.75) is 33.4 Å². The van der Waals surface area contributed by atoms with Crippen LogP contribution >= 0.6 is 0 Å². The molecule has 5 nitrogen and oxygen atoms in total. The second-order valence-electron chi connectivity index (χ2n) is 6.39. The smallest absolute Gasteiger partial charge is 0.263 e. The Labute approximate surface area is 155 Å². The topological polar surface area (TPSA) is 51.1 Å². The van der Waals surface area contributed by atoms with Crippen LogP contribution in [0.2, 0.25) is 0 Å². The van der Waals surface area contributed by atoms with Gasteiger partial charge in [-0.05, 0) is 44.0 Å². The fraction of sp³-hybridized carbons (Fsp3) is 0.333. The summed E-state index contributed by atoms with van der Waals surface area (Å²) in [5.74, 6) is 0.606. The summed E-state index contributed by atoms with van der Waals surface area (Å²) < 4.78 is 5.72. The largest absolute Gasteiger partial charge is 0.490 e. The Morgan fingerprint density at radius 3 is 2.58 bits per heavy atom. The SMILES string of the molecule is Cc1ccccc1CN(C)C(=O)CO/N=C/c1ccccc1OC(C)C. The van der Waals surface area contributed by atoms with Gasteiger partial charge in [0.2, 0.25) is 0 Å². The van der Waals surface area contributed by atoms with Gasteiger partial charge in [0.1, 0.15) is 5.75 Å². The molecule has 0 fully saturated rings. The van der Waals surface area contributed by atoms with Crippen LogP contribution in [-0.2, 0) is 16.2 Å². The van der Waals surface area contributed by atoms with Gasteiger partial charge in [-0.1, -0.05) is 41.6 Å². The van der Waals surface area contributed by atoms with E-state index in [4.69, 9.17) is 9.57 Å². The van der Waals surface area contributed by atoms with Crippen molar-refractivity contribution in [3.05, 3.63) is 65.2 Å². The summed E-state index contributed by atoms with van der Waals surface area (Å²) in [6.45, 7) is 6.40. The molecule has 0 spiro atoms. The molecule has 0 saturated carbocycles. The summed E-state index contributed by atoms with van der Waals surface area (Å²) in [7, 11) is 1.76. The average Bonchev–Trinajstić information content (AvgIpc) is 2.61. The summed E-state index contributed by atoms with van der Waals surface area (Å²) in [5, 5.41) is 3.90. The Morgan fingerprint density at radius 2 is 1.85 bits per heavy atom. The predicted molar refractivity (Wildman–Crippen MR) is 103 cm³/mol. The zero-order chi connectivity index (χ0) is 18.9. The monoisotopic (exact) mass is 354 g/mol. The molecule has 0 saturated heterocycles. The molecule has 5 heteroatoms. The first kappa shape index (κ1) is 19.5. The van der Waals surface area contributed by atoms with E-state index in [1.165, 1.54) is 0 Å². The van der Waals surface area contributed by atoms with Gasteiger partial charge in [0.05, 0.1) is 12.3 Å². The lowest BCUT2D eigenvalue weighted by molar-refractivity contribution is -0.135. The van der Waals surface area contributed by atoms with Crippen molar-refractivity contribution in [1.82, 2.24) is 4.90 Å². The van der Waals surface area contributed by atoms with Crippen molar-refractivity contribution in [3.8, 4) is 5.75 Å². The third-order valence-corrected chi connectivity index (χ3v) is 3.83. The van der Waals surface area contributed by atoms with Crippen LogP contribution in [0.15, 0.2) is 53.7 Å². The Kier molecular flexibility index (Phi) is 7.21. The van der Waals surface area contributed by atoms with Crippen molar-refractivity contribution in [1.29, 1.82) is 0 Å². The number of carbonyl (C=O) groups excluding carboxylic acids is 1. The van der Waals surface area contributed by atoms with Crippen LogP contribution in [0.1, 0.15) is 30.5 Å². The molecule has 1 amide bonds. The van der Waals surface area contributed by atoms with Gasteiger partial charge in [0.25, 0.3) is 5.91 Å². The average molecular weight is 354 g/mol. The van der Waals surface area contributed by atoms with Crippen LogP contribution in [0.4, 0.5) is 0 Å². The number of ether oxygens (including phenoxy) is 1.